The molecule has 3 heterocycles. The van der Waals surface area contributed by atoms with E-state index in [4.69, 9.17) is 0 Å². The highest BCUT2D eigenvalue weighted by molar-refractivity contribution is 5.65. The first-order valence-corrected chi connectivity index (χ1v) is 7.67. The number of fused-ring (bicyclic) bond motifs is 1. The van der Waals surface area contributed by atoms with Crippen LogP contribution in [0, 0.1) is 0 Å². The Morgan fingerprint density at radius 3 is 2.75 bits per heavy atom. The normalized spacial score (nSPS) is 10.9. The van der Waals surface area contributed by atoms with Gasteiger partial charge in [-0.25, -0.2) is 4.98 Å². The van der Waals surface area contributed by atoms with Crippen molar-refractivity contribution in [1.82, 2.24) is 24.6 Å². The molecular weight excluding hydrogens is 300 g/mol. The van der Waals surface area contributed by atoms with Gasteiger partial charge in [0.25, 0.3) is 5.78 Å². The average molecular weight is 316 g/mol. The van der Waals surface area contributed by atoms with E-state index in [0.29, 0.717) is 5.78 Å². The smallest absolute Gasteiger partial charge is 0.254 e. The maximum Gasteiger partial charge on any atom is 0.254 e. The predicted octanol–water partition coefficient (Wildman–Crippen LogP) is 2.82. The van der Waals surface area contributed by atoms with Crippen LogP contribution in [0.2, 0.25) is 0 Å². The van der Waals surface area contributed by atoms with Crippen molar-refractivity contribution in [3.8, 4) is 11.3 Å². The molecule has 0 aliphatic rings. The molecule has 24 heavy (non-hydrogen) atoms. The largest absolute Gasteiger partial charge is 0.355 e. The Balaban J connectivity index is 1.77. The second-order valence-electron chi connectivity index (χ2n) is 5.55. The fraction of sp³-hybridized carbons (Fsp3) is 0.111. The van der Waals surface area contributed by atoms with E-state index >= 15 is 0 Å². The molecule has 0 spiro atoms. The Morgan fingerprint density at radius 2 is 1.96 bits per heavy atom. The summed E-state index contributed by atoms with van der Waals surface area (Å²) < 4.78 is 1.75. The van der Waals surface area contributed by atoms with Crippen molar-refractivity contribution in [3.05, 3.63) is 72.8 Å². The first kappa shape index (κ1) is 14.3. The van der Waals surface area contributed by atoms with Gasteiger partial charge in [-0.3, -0.25) is 4.98 Å². The van der Waals surface area contributed by atoms with Crippen LogP contribution in [0.25, 0.3) is 17.0 Å². The summed E-state index contributed by atoms with van der Waals surface area (Å²) in [5, 5.41) is 4.30. The molecule has 0 N–H and O–H groups in total. The quantitative estimate of drug-likeness (QED) is 0.579. The molecule has 0 atom stereocenters. The van der Waals surface area contributed by atoms with E-state index in [2.05, 4.69) is 31.0 Å². The third-order valence-electron chi connectivity index (χ3n) is 3.84. The summed E-state index contributed by atoms with van der Waals surface area (Å²) in [4.78, 5) is 15.2. The number of benzene rings is 1. The lowest BCUT2D eigenvalue weighted by molar-refractivity contribution is 0.830. The molecule has 6 nitrogen and oxygen atoms in total. The number of nitrogens with zero attached hydrogens (tertiary/aromatic N) is 6. The maximum atomic E-state index is 4.61. The van der Waals surface area contributed by atoms with E-state index in [1.807, 2.05) is 55.7 Å². The summed E-state index contributed by atoms with van der Waals surface area (Å²) >= 11 is 0. The van der Waals surface area contributed by atoms with Crippen LogP contribution in [0.5, 0.6) is 0 Å². The minimum absolute atomic E-state index is 0.587. The first-order chi connectivity index (χ1) is 11.8. The van der Waals surface area contributed by atoms with Gasteiger partial charge >= 0.3 is 0 Å². The van der Waals surface area contributed by atoms with Crippen molar-refractivity contribution in [3.63, 3.8) is 0 Å². The van der Waals surface area contributed by atoms with Crippen LogP contribution in [0.4, 0.5) is 5.82 Å². The highest BCUT2D eigenvalue weighted by Gasteiger charge is 2.13. The molecule has 4 rings (SSSR count). The highest BCUT2D eigenvalue weighted by atomic mass is 15.4. The van der Waals surface area contributed by atoms with Gasteiger partial charge in [0, 0.05) is 37.6 Å². The molecule has 0 unspecified atom stereocenters. The van der Waals surface area contributed by atoms with E-state index in [9.17, 15) is 0 Å². The van der Waals surface area contributed by atoms with Crippen molar-refractivity contribution in [1.29, 1.82) is 0 Å². The molecule has 1 aromatic carbocycles. The van der Waals surface area contributed by atoms with Gasteiger partial charge in [0.2, 0.25) is 0 Å². The summed E-state index contributed by atoms with van der Waals surface area (Å²) in [5.74, 6) is 1.52. The van der Waals surface area contributed by atoms with Crippen LogP contribution in [-0.4, -0.2) is 31.6 Å². The van der Waals surface area contributed by atoms with Crippen LogP contribution < -0.4 is 4.90 Å². The zero-order valence-corrected chi connectivity index (χ0v) is 13.2. The summed E-state index contributed by atoms with van der Waals surface area (Å²) in [7, 11) is 2.03. The molecule has 3 aromatic heterocycles. The third-order valence-corrected chi connectivity index (χ3v) is 3.84. The van der Waals surface area contributed by atoms with Gasteiger partial charge < -0.3 is 4.90 Å². The maximum absolute atomic E-state index is 4.61. The fourth-order valence-electron chi connectivity index (χ4n) is 2.67. The van der Waals surface area contributed by atoms with Gasteiger partial charge in [0.1, 0.15) is 12.1 Å². The Kier molecular flexibility index (Phi) is 3.63. The van der Waals surface area contributed by atoms with E-state index in [-0.39, 0.29) is 0 Å². The molecule has 118 valence electrons. The molecule has 0 saturated heterocycles. The van der Waals surface area contributed by atoms with E-state index in [1.54, 1.807) is 10.7 Å². The van der Waals surface area contributed by atoms with Gasteiger partial charge in [-0.05, 0) is 11.6 Å². The molecule has 0 fully saturated rings. The lowest BCUT2D eigenvalue weighted by atomic mass is 10.1. The molecule has 0 amide bonds. The topological polar surface area (TPSA) is 59.2 Å². The van der Waals surface area contributed by atoms with E-state index < -0.39 is 0 Å². The fourth-order valence-corrected chi connectivity index (χ4v) is 2.67. The van der Waals surface area contributed by atoms with Crippen LogP contribution in [0.1, 0.15) is 5.56 Å². The Labute approximate surface area is 139 Å². The van der Waals surface area contributed by atoms with Gasteiger partial charge in [0.05, 0.1) is 5.69 Å². The predicted molar refractivity (Wildman–Crippen MR) is 92.6 cm³/mol. The monoisotopic (exact) mass is 316 g/mol. The second kappa shape index (κ2) is 6.08. The van der Waals surface area contributed by atoms with Gasteiger partial charge in [-0.2, -0.15) is 14.6 Å². The van der Waals surface area contributed by atoms with Crippen molar-refractivity contribution < 1.29 is 0 Å². The van der Waals surface area contributed by atoms with Gasteiger partial charge in [-0.1, -0.05) is 36.4 Å². The molecule has 0 aliphatic carbocycles. The van der Waals surface area contributed by atoms with Crippen molar-refractivity contribution in [2.75, 3.05) is 11.9 Å². The molecule has 0 saturated carbocycles. The van der Waals surface area contributed by atoms with Gasteiger partial charge in [-0.15, -0.1) is 0 Å². The summed E-state index contributed by atoms with van der Waals surface area (Å²) in [5.41, 5.74) is 3.06. The number of anilines is 1. The molecule has 0 bridgehead atoms. The summed E-state index contributed by atoms with van der Waals surface area (Å²) in [6.07, 6.45) is 5.17. The summed E-state index contributed by atoms with van der Waals surface area (Å²) in [6, 6.07) is 16.1. The minimum atomic E-state index is 0.587. The molecule has 4 aromatic rings. The van der Waals surface area contributed by atoms with E-state index in [1.165, 1.54) is 6.33 Å². The van der Waals surface area contributed by atoms with Crippen LogP contribution in [-0.2, 0) is 6.54 Å². The molecule has 0 aliphatic heterocycles. The third kappa shape index (κ3) is 2.69. The number of hydrogen-bond donors (Lipinski definition) is 0. The lowest BCUT2D eigenvalue weighted by Crippen LogP contribution is -2.20. The molecule has 6 heteroatoms. The lowest BCUT2D eigenvalue weighted by Gasteiger charge is -2.20. The Hall–Kier alpha value is -3.28. The van der Waals surface area contributed by atoms with Crippen LogP contribution >= 0.6 is 0 Å². The standard InChI is InChI=1S/C18H16N6/c1-23(12-14-6-5-9-19-11-14)17-10-16(15-7-3-2-4-8-15)22-18-20-13-21-24(17)18/h2-11,13H,12H2,1H3. The number of aromatic nitrogens is 5. The number of rotatable bonds is 4. The van der Waals surface area contributed by atoms with E-state index in [0.717, 1.165) is 29.2 Å². The minimum Gasteiger partial charge on any atom is -0.355 e. The highest BCUT2D eigenvalue weighted by Crippen LogP contribution is 2.23. The van der Waals surface area contributed by atoms with Crippen molar-refractivity contribution in [2.45, 2.75) is 6.54 Å². The van der Waals surface area contributed by atoms with Crippen LogP contribution in [0.15, 0.2) is 67.3 Å². The van der Waals surface area contributed by atoms with Gasteiger partial charge in [0.15, 0.2) is 0 Å². The number of pyridine rings is 1. The van der Waals surface area contributed by atoms with Crippen molar-refractivity contribution in [2.24, 2.45) is 0 Å². The SMILES string of the molecule is CN(Cc1cccnc1)c1cc(-c2ccccc2)nc2ncnn12. The second-order valence-corrected chi connectivity index (χ2v) is 5.55. The molecule has 0 radical (unpaired) electrons. The zero-order chi connectivity index (χ0) is 16.4. The first-order valence-electron chi connectivity index (χ1n) is 7.67. The van der Waals surface area contributed by atoms with Crippen LogP contribution in [0.3, 0.4) is 0 Å². The average Bonchev–Trinajstić information content (AvgIpc) is 3.11. The number of hydrogen-bond acceptors (Lipinski definition) is 5. The Bertz CT molecular complexity index is 949. The zero-order valence-electron chi connectivity index (χ0n) is 13.2. The van der Waals surface area contributed by atoms with Crippen molar-refractivity contribution >= 4 is 11.6 Å². The Morgan fingerprint density at radius 1 is 1.08 bits per heavy atom. The summed E-state index contributed by atoms with van der Waals surface area (Å²) in [6.45, 7) is 0.723. The molecular formula is C18H16N6.